The van der Waals surface area contributed by atoms with Gasteiger partial charge in [0, 0.05) is 13.0 Å². The van der Waals surface area contributed by atoms with Gasteiger partial charge in [-0.3, -0.25) is 19.2 Å². The Morgan fingerprint density at radius 1 is 0.878 bits per heavy atom. The summed E-state index contributed by atoms with van der Waals surface area (Å²) < 4.78 is 0. The third-order valence-electron chi connectivity index (χ3n) is 8.46. The molecule has 5 N–H and O–H groups in total. The highest BCUT2D eigenvalue weighted by molar-refractivity contribution is 5.97. The quantitative estimate of drug-likeness (QED) is 0.256. The van der Waals surface area contributed by atoms with E-state index in [1.54, 1.807) is 11.8 Å². The van der Waals surface area contributed by atoms with Crippen molar-refractivity contribution < 1.29 is 29.4 Å². The summed E-state index contributed by atoms with van der Waals surface area (Å²) in [6, 6.07) is 6.06. The molecule has 0 unspecified atom stereocenters. The first-order chi connectivity index (χ1) is 19.6. The van der Waals surface area contributed by atoms with Crippen molar-refractivity contribution in [3.8, 4) is 0 Å². The molecular formula is C31H48N4O6. The largest absolute Gasteiger partial charge is 0.391 e. The molecule has 10 heteroatoms. The van der Waals surface area contributed by atoms with Crippen LogP contribution in [0.1, 0.15) is 84.1 Å². The summed E-state index contributed by atoms with van der Waals surface area (Å²) in [5.41, 5.74) is 0.861. The lowest BCUT2D eigenvalue weighted by molar-refractivity contribution is -0.147. The highest BCUT2D eigenvalue weighted by Gasteiger charge is 2.40. The maximum absolute atomic E-state index is 13.9. The second kappa shape index (κ2) is 15.9. The number of carbonyl (C=O) groups excluding carboxylic acids is 4. The van der Waals surface area contributed by atoms with E-state index in [0.29, 0.717) is 51.5 Å². The van der Waals surface area contributed by atoms with E-state index in [1.807, 2.05) is 44.2 Å². The molecule has 3 rings (SSSR count). The van der Waals surface area contributed by atoms with Gasteiger partial charge in [-0.25, -0.2) is 0 Å². The Labute approximate surface area is 243 Å². The van der Waals surface area contributed by atoms with Crippen molar-refractivity contribution in [2.45, 2.75) is 121 Å². The monoisotopic (exact) mass is 572 g/mol. The Morgan fingerprint density at radius 2 is 1.56 bits per heavy atom. The normalized spacial score (nSPS) is 26.4. The highest BCUT2D eigenvalue weighted by atomic mass is 16.3. The van der Waals surface area contributed by atoms with Gasteiger partial charge < -0.3 is 31.1 Å². The van der Waals surface area contributed by atoms with Crippen LogP contribution in [-0.2, 0) is 25.6 Å². The third kappa shape index (κ3) is 9.26. The summed E-state index contributed by atoms with van der Waals surface area (Å²) in [5, 5.41) is 28.1. The molecule has 0 aliphatic carbocycles. The molecule has 1 aromatic carbocycles. The van der Waals surface area contributed by atoms with E-state index < -0.39 is 48.2 Å². The van der Waals surface area contributed by atoms with Crippen LogP contribution in [-0.4, -0.2) is 81.7 Å². The second-order valence-corrected chi connectivity index (χ2v) is 11.7. The Balaban J connectivity index is 1.86. The number of nitrogens with zero attached hydrogens (tertiary/aromatic N) is 1. The van der Waals surface area contributed by atoms with Crippen LogP contribution in [0, 0.1) is 5.92 Å². The van der Waals surface area contributed by atoms with Gasteiger partial charge >= 0.3 is 0 Å². The number of rotatable bonds is 11. The van der Waals surface area contributed by atoms with E-state index >= 15 is 0 Å². The summed E-state index contributed by atoms with van der Waals surface area (Å²) in [6.45, 7) is 5.84. The fraction of sp³-hybridized carbons (Fsp3) is 0.677. The molecule has 4 amide bonds. The van der Waals surface area contributed by atoms with E-state index in [4.69, 9.17) is 0 Å². The van der Waals surface area contributed by atoms with Crippen molar-refractivity contribution in [3.05, 3.63) is 35.9 Å². The van der Waals surface area contributed by atoms with Gasteiger partial charge in [0.25, 0.3) is 0 Å². The number of hydrogen-bond donors (Lipinski definition) is 5. The first-order valence-corrected chi connectivity index (χ1v) is 15.2. The molecule has 2 aliphatic heterocycles. The van der Waals surface area contributed by atoms with Gasteiger partial charge in [0.2, 0.25) is 23.6 Å². The van der Waals surface area contributed by atoms with Crippen LogP contribution in [0.2, 0.25) is 0 Å². The minimum absolute atomic E-state index is 0.159. The Morgan fingerprint density at radius 3 is 2.24 bits per heavy atom. The zero-order chi connectivity index (χ0) is 29.9. The van der Waals surface area contributed by atoms with Crippen LogP contribution < -0.4 is 16.0 Å². The molecule has 2 aliphatic rings. The van der Waals surface area contributed by atoms with Gasteiger partial charge in [-0.15, -0.1) is 0 Å². The van der Waals surface area contributed by atoms with Gasteiger partial charge in [-0.1, -0.05) is 69.9 Å². The number of benzene rings is 1. The average Bonchev–Trinajstić information content (AvgIpc) is 2.97. The number of unbranched alkanes of at least 4 members (excludes halogenated alkanes) is 2. The van der Waals surface area contributed by atoms with E-state index in [2.05, 4.69) is 16.0 Å². The Hall–Kier alpha value is -2.98. The lowest BCUT2D eigenvalue weighted by atomic mass is 9.93. The van der Waals surface area contributed by atoms with Crippen molar-refractivity contribution in [1.29, 1.82) is 0 Å². The minimum Gasteiger partial charge on any atom is -0.391 e. The van der Waals surface area contributed by atoms with Crippen molar-refractivity contribution in [3.63, 3.8) is 0 Å². The lowest BCUT2D eigenvalue weighted by Crippen LogP contribution is -2.64. The summed E-state index contributed by atoms with van der Waals surface area (Å²) in [5.74, 6) is -1.63. The van der Waals surface area contributed by atoms with Crippen molar-refractivity contribution >= 4 is 23.6 Å². The SMILES string of the molecule is CC[C@H](C)[C@@H]1NC(=O)[C@@H](Cc2ccccc2)NC(=O)[C@H](CCCCC[C@@H](O)[C@@H](C)O)NC(=O)[C@@H]2CCCCN2C1=O. The van der Waals surface area contributed by atoms with Gasteiger partial charge in [-0.2, -0.15) is 0 Å². The minimum atomic E-state index is -0.929. The summed E-state index contributed by atoms with van der Waals surface area (Å²) in [4.78, 5) is 56.3. The van der Waals surface area contributed by atoms with Crippen LogP contribution in [0.15, 0.2) is 30.3 Å². The molecule has 0 bridgehead atoms. The number of aliphatic hydroxyl groups is 2. The molecule has 0 radical (unpaired) electrons. The number of piperidine rings is 1. The predicted octanol–water partition coefficient (Wildman–Crippen LogP) is 1.82. The summed E-state index contributed by atoms with van der Waals surface area (Å²) in [7, 11) is 0. The maximum atomic E-state index is 13.9. The summed E-state index contributed by atoms with van der Waals surface area (Å²) >= 11 is 0. The van der Waals surface area contributed by atoms with E-state index in [-0.39, 0.29) is 24.2 Å². The number of hydrogen-bond acceptors (Lipinski definition) is 6. The van der Waals surface area contributed by atoms with Crippen molar-refractivity contribution in [2.24, 2.45) is 5.92 Å². The molecule has 0 saturated carbocycles. The maximum Gasteiger partial charge on any atom is 0.246 e. The molecule has 2 saturated heterocycles. The van der Waals surface area contributed by atoms with Crippen LogP contribution in [0.3, 0.4) is 0 Å². The smallest absolute Gasteiger partial charge is 0.246 e. The Bertz CT molecular complexity index is 1020. The van der Waals surface area contributed by atoms with Gasteiger partial charge in [0.1, 0.15) is 24.2 Å². The van der Waals surface area contributed by atoms with Gasteiger partial charge in [-0.05, 0) is 50.5 Å². The lowest BCUT2D eigenvalue weighted by Gasteiger charge is -2.39. The Kier molecular flexibility index (Phi) is 12.6. The second-order valence-electron chi connectivity index (χ2n) is 11.7. The predicted molar refractivity (Wildman–Crippen MR) is 156 cm³/mol. The van der Waals surface area contributed by atoms with E-state index in [0.717, 1.165) is 18.4 Å². The standard InChI is InChI=1S/C31H48N4O6/c1-4-20(2)27-31(41)35-18-12-11-16-25(35)30(40)32-23(15-9-6-10-17-26(37)21(3)36)28(38)33-24(29(39)34-27)19-22-13-7-5-8-14-22/h5,7-8,13-14,20-21,23-27,36-37H,4,6,9-12,15-19H2,1-3H3,(H,32,40)(H,33,38)(H,34,39)/t20-,21+,23-,24+,25-,26+,27-/m0/s1. The fourth-order valence-corrected chi connectivity index (χ4v) is 5.57. The molecule has 41 heavy (non-hydrogen) atoms. The zero-order valence-corrected chi connectivity index (χ0v) is 24.7. The topological polar surface area (TPSA) is 148 Å². The number of nitrogens with one attached hydrogen (secondary N) is 3. The van der Waals surface area contributed by atoms with Gasteiger partial charge in [0.05, 0.1) is 12.2 Å². The third-order valence-corrected chi connectivity index (χ3v) is 8.46. The fourth-order valence-electron chi connectivity index (χ4n) is 5.57. The summed E-state index contributed by atoms with van der Waals surface area (Å²) in [6.07, 6.45) is 4.11. The average molecular weight is 573 g/mol. The van der Waals surface area contributed by atoms with Crippen LogP contribution in [0.25, 0.3) is 0 Å². The molecule has 0 spiro atoms. The molecule has 10 nitrogen and oxygen atoms in total. The van der Waals surface area contributed by atoms with Crippen LogP contribution in [0.5, 0.6) is 0 Å². The number of aliphatic hydroxyl groups excluding tert-OH is 2. The molecule has 228 valence electrons. The van der Waals surface area contributed by atoms with Crippen molar-refractivity contribution in [2.75, 3.05) is 6.54 Å². The molecule has 2 fully saturated rings. The van der Waals surface area contributed by atoms with E-state index in [1.165, 1.54) is 0 Å². The van der Waals surface area contributed by atoms with Crippen molar-refractivity contribution in [1.82, 2.24) is 20.9 Å². The van der Waals surface area contributed by atoms with Gasteiger partial charge in [0.15, 0.2) is 0 Å². The molecular weight excluding hydrogens is 524 g/mol. The molecule has 1 aromatic rings. The van der Waals surface area contributed by atoms with E-state index in [9.17, 15) is 29.4 Å². The first kappa shape index (κ1) is 32.5. The molecule has 7 atom stereocenters. The zero-order valence-electron chi connectivity index (χ0n) is 24.7. The van der Waals surface area contributed by atoms with Crippen LogP contribution >= 0.6 is 0 Å². The van der Waals surface area contributed by atoms with Crippen LogP contribution in [0.4, 0.5) is 0 Å². The number of fused-ring (bicyclic) bond motifs is 1. The first-order valence-electron chi connectivity index (χ1n) is 15.2. The highest BCUT2D eigenvalue weighted by Crippen LogP contribution is 2.22. The molecule has 2 heterocycles. The number of carbonyl (C=O) groups is 4. The molecule has 0 aromatic heterocycles. The number of amides is 4.